The summed E-state index contributed by atoms with van der Waals surface area (Å²) in [5.41, 5.74) is 0.0219. The quantitative estimate of drug-likeness (QED) is 0.672. The molecule has 16 heavy (non-hydrogen) atoms. The van der Waals surface area contributed by atoms with E-state index in [1.807, 2.05) is 0 Å². The average molecular weight is 307 g/mol. The zero-order valence-corrected chi connectivity index (χ0v) is 10.7. The molecule has 5 heteroatoms. The van der Waals surface area contributed by atoms with E-state index in [-0.39, 0.29) is 5.56 Å². The van der Waals surface area contributed by atoms with Crippen LogP contribution in [-0.2, 0) is 0 Å². The fourth-order valence-electron chi connectivity index (χ4n) is 1.06. The maximum absolute atomic E-state index is 13.3. The van der Waals surface area contributed by atoms with E-state index >= 15 is 0 Å². The number of halogens is 3. The van der Waals surface area contributed by atoms with Crippen LogP contribution < -0.4 is 5.32 Å². The Kier molecular flexibility index (Phi) is 5.49. The topological polar surface area (TPSA) is 29.1 Å². The van der Waals surface area contributed by atoms with Gasteiger partial charge >= 0.3 is 0 Å². The highest BCUT2D eigenvalue weighted by molar-refractivity contribution is 9.10. The summed E-state index contributed by atoms with van der Waals surface area (Å²) in [6.07, 6.45) is 3.42. The van der Waals surface area contributed by atoms with Gasteiger partial charge in [-0.1, -0.05) is 28.1 Å². The van der Waals surface area contributed by atoms with Gasteiger partial charge in [-0.3, -0.25) is 4.79 Å². The summed E-state index contributed by atoms with van der Waals surface area (Å²) in [6, 6.07) is 4.23. The van der Waals surface area contributed by atoms with Crippen LogP contribution in [0.2, 0.25) is 0 Å². The van der Waals surface area contributed by atoms with Crippen LogP contribution in [0.25, 0.3) is 0 Å². The van der Waals surface area contributed by atoms with Crippen molar-refractivity contribution in [3.8, 4) is 0 Å². The van der Waals surface area contributed by atoms with Gasteiger partial charge < -0.3 is 5.32 Å². The predicted molar refractivity (Wildman–Crippen MR) is 66.3 cm³/mol. The minimum absolute atomic E-state index is 0.0219. The van der Waals surface area contributed by atoms with Gasteiger partial charge in [0, 0.05) is 16.9 Å². The van der Waals surface area contributed by atoms with Crippen molar-refractivity contribution in [1.82, 2.24) is 5.32 Å². The first kappa shape index (κ1) is 13.2. The number of amides is 1. The van der Waals surface area contributed by atoms with Gasteiger partial charge in [0.15, 0.2) is 0 Å². The van der Waals surface area contributed by atoms with Crippen molar-refractivity contribution >= 4 is 33.4 Å². The highest BCUT2D eigenvalue weighted by Crippen LogP contribution is 2.15. The van der Waals surface area contributed by atoms with E-state index in [4.69, 9.17) is 11.6 Å². The van der Waals surface area contributed by atoms with Crippen LogP contribution in [0, 0.1) is 5.82 Å². The van der Waals surface area contributed by atoms with E-state index < -0.39 is 11.7 Å². The second kappa shape index (κ2) is 6.66. The monoisotopic (exact) mass is 305 g/mol. The van der Waals surface area contributed by atoms with Crippen molar-refractivity contribution < 1.29 is 9.18 Å². The number of carbonyl (C=O) groups excluding carboxylic acids is 1. The molecular formula is C11H10BrClFNO. The Labute approximate surface area is 107 Å². The van der Waals surface area contributed by atoms with E-state index in [1.165, 1.54) is 12.1 Å². The molecule has 0 aliphatic rings. The molecule has 1 aromatic rings. The van der Waals surface area contributed by atoms with Gasteiger partial charge in [0.25, 0.3) is 5.91 Å². The second-order valence-electron chi connectivity index (χ2n) is 2.96. The highest BCUT2D eigenvalue weighted by Gasteiger charge is 2.10. The number of benzene rings is 1. The Morgan fingerprint density at radius 2 is 2.25 bits per heavy atom. The lowest BCUT2D eigenvalue weighted by molar-refractivity contribution is 0.0954. The molecule has 1 aromatic carbocycles. The van der Waals surface area contributed by atoms with E-state index in [0.29, 0.717) is 16.9 Å². The number of nitrogens with one attached hydrogen (secondary N) is 1. The standard InChI is InChI=1S/C11H10BrClFNO/c12-8-3-4-10(14)9(7-8)11(16)15-6-2-1-5-13/h1-4,7H,5-6H2,(H,15,16)/b2-1+. The average Bonchev–Trinajstić information content (AvgIpc) is 2.27. The van der Waals surface area contributed by atoms with Crippen molar-refractivity contribution in [3.63, 3.8) is 0 Å². The molecule has 0 spiro atoms. The number of carbonyl (C=O) groups is 1. The van der Waals surface area contributed by atoms with Gasteiger partial charge in [0.05, 0.1) is 5.56 Å². The first-order chi connectivity index (χ1) is 7.65. The number of allylic oxidation sites excluding steroid dienone is 1. The molecule has 0 aromatic heterocycles. The van der Waals surface area contributed by atoms with Crippen LogP contribution in [0.3, 0.4) is 0 Å². The van der Waals surface area contributed by atoms with E-state index in [2.05, 4.69) is 21.2 Å². The van der Waals surface area contributed by atoms with E-state index in [9.17, 15) is 9.18 Å². The Bertz CT molecular complexity index is 409. The molecule has 0 heterocycles. The molecule has 1 amide bonds. The van der Waals surface area contributed by atoms with Crippen molar-refractivity contribution in [2.75, 3.05) is 12.4 Å². The molecule has 0 saturated carbocycles. The second-order valence-corrected chi connectivity index (χ2v) is 4.18. The first-order valence-corrected chi connectivity index (χ1v) is 5.92. The molecule has 0 aliphatic heterocycles. The molecule has 1 N–H and O–H groups in total. The normalized spacial score (nSPS) is 10.7. The Morgan fingerprint density at radius 3 is 2.94 bits per heavy atom. The SMILES string of the molecule is O=C(NC/C=C/CCl)c1cc(Br)ccc1F. The van der Waals surface area contributed by atoms with Crippen LogP contribution in [0.5, 0.6) is 0 Å². The van der Waals surface area contributed by atoms with Crippen LogP contribution >= 0.6 is 27.5 Å². The molecule has 2 nitrogen and oxygen atoms in total. The fraction of sp³-hybridized carbons (Fsp3) is 0.182. The van der Waals surface area contributed by atoms with Crippen LogP contribution in [0.4, 0.5) is 4.39 Å². The van der Waals surface area contributed by atoms with E-state index in [0.717, 1.165) is 0 Å². The van der Waals surface area contributed by atoms with Gasteiger partial charge in [0.2, 0.25) is 0 Å². The fourth-order valence-corrected chi connectivity index (χ4v) is 1.55. The van der Waals surface area contributed by atoms with Gasteiger partial charge in [-0.15, -0.1) is 11.6 Å². The number of hydrogen-bond acceptors (Lipinski definition) is 1. The maximum atomic E-state index is 13.3. The summed E-state index contributed by atoms with van der Waals surface area (Å²) in [5.74, 6) is -0.596. The van der Waals surface area contributed by atoms with Crippen molar-refractivity contribution in [1.29, 1.82) is 0 Å². The van der Waals surface area contributed by atoms with Crippen LogP contribution in [0.1, 0.15) is 10.4 Å². The van der Waals surface area contributed by atoms with Crippen LogP contribution in [-0.4, -0.2) is 18.3 Å². The van der Waals surface area contributed by atoms with E-state index in [1.54, 1.807) is 18.2 Å². The zero-order valence-electron chi connectivity index (χ0n) is 8.34. The lowest BCUT2D eigenvalue weighted by Gasteiger charge is -2.04. The third-order valence-corrected chi connectivity index (χ3v) is 2.48. The van der Waals surface area contributed by atoms with Gasteiger partial charge in [-0.25, -0.2) is 4.39 Å². The lowest BCUT2D eigenvalue weighted by atomic mass is 10.2. The molecule has 0 unspecified atom stereocenters. The molecule has 0 saturated heterocycles. The third kappa shape index (κ3) is 3.94. The summed E-state index contributed by atoms with van der Waals surface area (Å²) < 4.78 is 13.9. The van der Waals surface area contributed by atoms with Gasteiger partial charge in [-0.2, -0.15) is 0 Å². The van der Waals surface area contributed by atoms with Crippen molar-refractivity contribution in [2.45, 2.75) is 0 Å². The molecule has 86 valence electrons. The molecular weight excluding hydrogens is 296 g/mol. The van der Waals surface area contributed by atoms with Crippen molar-refractivity contribution in [3.05, 3.63) is 46.2 Å². The number of rotatable bonds is 4. The highest BCUT2D eigenvalue weighted by atomic mass is 79.9. The number of alkyl halides is 1. The maximum Gasteiger partial charge on any atom is 0.254 e. The first-order valence-electron chi connectivity index (χ1n) is 4.59. The Morgan fingerprint density at radius 1 is 1.50 bits per heavy atom. The minimum atomic E-state index is -0.540. The molecule has 1 rings (SSSR count). The van der Waals surface area contributed by atoms with Gasteiger partial charge in [0.1, 0.15) is 5.82 Å². The summed E-state index contributed by atoms with van der Waals surface area (Å²) in [5, 5.41) is 2.56. The third-order valence-electron chi connectivity index (χ3n) is 1.81. The molecule has 0 fully saturated rings. The number of hydrogen-bond donors (Lipinski definition) is 1. The zero-order chi connectivity index (χ0) is 12.0. The molecule has 0 radical (unpaired) electrons. The van der Waals surface area contributed by atoms with Gasteiger partial charge in [-0.05, 0) is 18.2 Å². The summed E-state index contributed by atoms with van der Waals surface area (Å²) in [4.78, 5) is 11.5. The van der Waals surface area contributed by atoms with Crippen LogP contribution in [0.15, 0.2) is 34.8 Å². The smallest absolute Gasteiger partial charge is 0.254 e. The van der Waals surface area contributed by atoms with Crippen molar-refractivity contribution in [2.24, 2.45) is 0 Å². The largest absolute Gasteiger partial charge is 0.348 e. The lowest BCUT2D eigenvalue weighted by Crippen LogP contribution is -2.24. The summed E-state index contributed by atoms with van der Waals surface area (Å²) >= 11 is 8.59. The summed E-state index contributed by atoms with van der Waals surface area (Å²) in [6.45, 7) is 0.331. The molecule has 0 bridgehead atoms. The molecule has 0 atom stereocenters. The molecule has 0 aliphatic carbocycles. The summed E-state index contributed by atoms with van der Waals surface area (Å²) in [7, 11) is 0. The predicted octanol–water partition coefficient (Wildman–Crippen LogP) is 3.11. The minimum Gasteiger partial charge on any atom is -0.348 e. The Balaban J connectivity index is 2.65. The Hall–Kier alpha value is -0.870.